The van der Waals surface area contributed by atoms with Crippen LogP contribution in [0.25, 0.3) is 10.9 Å². The van der Waals surface area contributed by atoms with E-state index in [1.165, 1.54) is 17.2 Å². The minimum absolute atomic E-state index is 0.119. The van der Waals surface area contributed by atoms with Crippen LogP contribution in [0.2, 0.25) is 0 Å². The van der Waals surface area contributed by atoms with Crippen molar-refractivity contribution in [1.29, 1.82) is 0 Å². The highest BCUT2D eigenvalue weighted by molar-refractivity contribution is 5.98. The Kier molecular flexibility index (Phi) is 3.37. The van der Waals surface area contributed by atoms with E-state index in [0.717, 1.165) is 19.3 Å². The Morgan fingerprint density at radius 1 is 1.13 bits per heavy atom. The van der Waals surface area contributed by atoms with Gasteiger partial charge in [-0.15, -0.1) is 0 Å². The summed E-state index contributed by atoms with van der Waals surface area (Å²) in [4.78, 5) is 15.4. The summed E-state index contributed by atoms with van der Waals surface area (Å²) in [5, 5.41) is 3.51. The second-order valence-corrected chi connectivity index (χ2v) is 6.07. The van der Waals surface area contributed by atoms with Gasteiger partial charge in [0.25, 0.3) is 5.91 Å². The minimum atomic E-state index is -0.315. The summed E-state index contributed by atoms with van der Waals surface area (Å²) in [5.41, 5.74) is 3.71. The fourth-order valence-corrected chi connectivity index (χ4v) is 3.32. The van der Waals surface area contributed by atoms with E-state index in [2.05, 4.69) is 28.5 Å². The third kappa shape index (κ3) is 2.61. The van der Waals surface area contributed by atoms with Crippen LogP contribution in [-0.2, 0) is 12.8 Å². The predicted octanol–water partition coefficient (Wildman–Crippen LogP) is 3.59. The van der Waals surface area contributed by atoms with E-state index in [1.807, 2.05) is 6.07 Å². The number of rotatable bonds is 2. The molecule has 4 rings (SSSR count). The first kappa shape index (κ1) is 14.0. The lowest BCUT2D eigenvalue weighted by Gasteiger charge is -2.25. The Morgan fingerprint density at radius 3 is 2.78 bits per heavy atom. The molecule has 0 saturated carbocycles. The number of benzene rings is 2. The molecule has 0 aliphatic heterocycles. The number of aromatic nitrogens is 1. The molecule has 1 heterocycles. The van der Waals surface area contributed by atoms with Crippen molar-refractivity contribution in [3.05, 3.63) is 71.2 Å². The van der Waals surface area contributed by atoms with Crippen molar-refractivity contribution in [2.24, 2.45) is 0 Å². The lowest BCUT2D eigenvalue weighted by molar-refractivity contribution is 0.0929. The third-order valence-electron chi connectivity index (χ3n) is 4.54. The molecule has 2 N–H and O–H groups in total. The summed E-state index contributed by atoms with van der Waals surface area (Å²) in [6.07, 6.45) is 2.75. The largest absolute Gasteiger partial charge is 0.350 e. The molecule has 3 nitrogen and oxygen atoms in total. The van der Waals surface area contributed by atoms with E-state index >= 15 is 0 Å². The van der Waals surface area contributed by atoms with Crippen LogP contribution in [0, 0.1) is 5.82 Å². The van der Waals surface area contributed by atoms with Crippen molar-refractivity contribution < 1.29 is 9.18 Å². The zero-order valence-corrected chi connectivity index (χ0v) is 12.6. The van der Waals surface area contributed by atoms with E-state index in [9.17, 15) is 9.18 Å². The number of aryl methyl sites for hydroxylation is 1. The fourth-order valence-electron chi connectivity index (χ4n) is 3.32. The van der Waals surface area contributed by atoms with Crippen molar-refractivity contribution in [2.75, 3.05) is 0 Å². The molecular formula is C19H17FN2O. The molecule has 0 fully saturated rings. The minimum Gasteiger partial charge on any atom is -0.350 e. The number of fused-ring (bicyclic) bond motifs is 2. The number of aromatic amines is 1. The third-order valence-corrected chi connectivity index (χ3v) is 4.54. The average Bonchev–Trinajstić information content (AvgIpc) is 3.01. The Morgan fingerprint density at radius 2 is 1.96 bits per heavy atom. The Hall–Kier alpha value is -2.62. The smallest absolute Gasteiger partial charge is 0.267 e. The molecule has 0 bridgehead atoms. The lowest BCUT2D eigenvalue weighted by atomic mass is 9.88. The van der Waals surface area contributed by atoms with Gasteiger partial charge < -0.3 is 10.3 Å². The number of H-pyrrole nitrogens is 1. The first-order valence-electron chi connectivity index (χ1n) is 7.85. The van der Waals surface area contributed by atoms with Crippen LogP contribution in [0.1, 0.15) is 28.0 Å². The number of carbonyl (C=O) groups is 1. The number of hydrogen-bond acceptors (Lipinski definition) is 1. The molecule has 0 saturated heterocycles. The maximum atomic E-state index is 13.7. The number of amides is 1. The highest BCUT2D eigenvalue weighted by Crippen LogP contribution is 2.22. The molecular weight excluding hydrogens is 291 g/mol. The van der Waals surface area contributed by atoms with Gasteiger partial charge in [0.1, 0.15) is 11.5 Å². The van der Waals surface area contributed by atoms with E-state index in [4.69, 9.17) is 0 Å². The van der Waals surface area contributed by atoms with Crippen LogP contribution in [0.5, 0.6) is 0 Å². The van der Waals surface area contributed by atoms with Crippen molar-refractivity contribution in [3.63, 3.8) is 0 Å². The Labute approximate surface area is 133 Å². The lowest BCUT2D eigenvalue weighted by Crippen LogP contribution is -2.38. The summed E-state index contributed by atoms with van der Waals surface area (Å²) >= 11 is 0. The van der Waals surface area contributed by atoms with Crippen LogP contribution in [-0.4, -0.2) is 16.9 Å². The standard InChI is InChI=1S/C19H17FN2O/c20-16-6-3-7-17-15(16)11-18(22-17)19(23)21-14-9-8-12-4-1-2-5-13(12)10-14/h1-7,11,14,22H,8-10H2,(H,21,23). The Balaban J connectivity index is 1.52. The number of hydrogen-bond donors (Lipinski definition) is 2. The maximum Gasteiger partial charge on any atom is 0.267 e. The predicted molar refractivity (Wildman–Crippen MR) is 88.0 cm³/mol. The number of carbonyl (C=O) groups excluding carboxylic acids is 1. The van der Waals surface area contributed by atoms with Gasteiger partial charge >= 0.3 is 0 Å². The summed E-state index contributed by atoms with van der Waals surface area (Å²) in [5.74, 6) is -0.491. The zero-order valence-electron chi connectivity index (χ0n) is 12.6. The van der Waals surface area contributed by atoms with Gasteiger partial charge in [-0.2, -0.15) is 0 Å². The van der Waals surface area contributed by atoms with Crippen LogP contribution in [0.4, 0.5) is 4.39 Å². The van der Waals surface area contributed by atoms with Gasteiger partial charge in [0.15, 0.2) is 0 Å². The van der Waals surface area contributed by atoms with Crippen LogP contribution < -0.4 is 5.32 Å². The first-order chi connectivity index (χ1) is 11.2. The molecule has 1 unspecified atom stereocenters. The van der Waals surface area contributed by atoms with E-state index in [0.29, 0.717) is 16.6 Å². The zero-order chi connectivity index (χ0) is 15.8. The maximum absolute atomic E-state index is 13.7. The van der Waals surface area contributed by atoms with E-state index < -0.39 is 0 Å². The van der Waals surface area contributed by atoms with Gasteiger partial charge in [0, 0.05) is 16.9 Å². The molecule has 4 heteroatoms. The van der Waals surface area contributed by atoms with E-state index in [-0.39, 0.29) is 17.8 Å². The molecule has 3 aromatic rings. The highest BCUT2D eigenvalue weighted by Gasteiger charge is 2.21. The van der Waals surface area contributed by atoms with Crippen LogP contribution in [0.3, 0.4) is 0 Å². The van der Waals surface area contributed by atoms with Crippen LogP contribution >= 0.6 is 0 Å². The van der Waals surface area contributed by atoms with Gasteiger partial charge in [0.2, 0.25) is 0 Å². The molecule has 1 aromatic heterocycles. The van der Waals surface area contributed by atoms with Gasteiger partial charge in [-0.3, -0.25) is 4.79 Å². The first-order valence-corrected chi connectivity index (χ1v) is 7.85. The molecule has 1 atom stereocenters. The van der Waals surface area contributed by atoms with E-state index in [1.54, 1.807) is 18.2 Å². The second kappa shape index (κ2) is 5.54. The van der Waals surface area contributed by atoms with Crippen molar-refractivity contribution in [3.8, 4) is 0 Å². The molecule has 1 amide bonds. The van der Waals surface area contributed by atoms with Crippen molar-refractivity contribution in [2.45, 2.75) is 25.3 Å². The summed E-state index contributed by atoms with van der Waals surface area (Å²) < 4.78 is 13.7. The fraction of sp³-hybridized carbons (Fsp3) is 0.211. The topological polar surface area (TPSA) is 44.9 Å². The number of nitrogens with one attached hydrogen (secondary N) is 2. The van der Waals surface area contributed by atoms with Gasteiger partial charge in [0.05, 0.1) is 0 Å². The highest BCUT2D eigenvalue weighted by atomic mass is 19.1. The molecule has 1 aliphatic rings. The average molecular weight is 308 g/mol. The van der Waals surface area contributed by atoms with Gasteiger partial charge in [-0.25, -0.2) is 4.39 Å². The molecule has 2 aromatic carbocycles. The summed E-state index contributed by atoms with van der Waals surface area (Å²) in [6.45, 7) is 0. The molecule has 0 radical (unpaired) electrons. The van der Waals surface area contributed by atoms with Gasteiger partial charge in [-0.1, -0.05) is 30.3 Å². The summed E-state index contributed by atoms with van der Waals surface area (Å²) in [6, 6.07) is 14.8. The van der Waals surface area contributed by atoms with Gasteiger partial charge in [-0.05, 0) is 48.6 Å². The normalized spacial score (nSPS) is 17.0. The van der Waals surface area contributed by atoms with Crippen molar-refractivity contribution in [1.82, 2.24) is 10.3 Å². The van der Waals surface area contributed by atoms with Crippen molar-refractivity contribution >= 4 is 16.8 Å². The molecule has 23 heavy (non-hydrogen) atoms. The number of halogens is 1. The van der Waals surface area contributed by atoms with Crippen LogP contribution in [0.15, 0.2) is 48.5 Å². The molecule has 0 spiro atoms. The monoisotopic (exact) mass is 308 g/mol. The summed E-state index contributed by atoms with van der Waals surface area (Å²) in [7, 11) is 0. The second-order valence-electron chi connectivity index (χ2n) is 6.07. The molecule has 1 aliphatic carbocycles. The Bertz CT molecular complexity index is 884. The quantitative estimate of drug-likeness (QED) is 0.746. The molecule has 116 valence electrons. The SMILES string of the molecule is O=C(NC1CCc2ccccc2C1)c1cc2c(F)cccc2[nH]1.